The standard InChI is InChI=1S/C11H20N2O2/c12-5-3-10(15)13-6-9-2-1-4-11(9,7-13)8-14/h9,14H,1-8,12H2/t9-,11+/m0/s1. The van der Waals surface area contributed by atoms with Crippen LogP contribution in [0.4, 0.5) is 0 Å². The van der Waals surface area contributed by atoms with Crippen molar-refractivity contribution in [3.63, 3.8) is 0 Å². The third kappa shape index (κ3) is 1.76. The van der Waals surface area contributed by atoms with E-state index in [1.165, 1.54) is 6.42 Å². The van der Waals surface area contributed by atoms with Gasteiger partial charge in [-0.15, -0.1) is 0 Å². The fraction of sp³-hybridized carbons (Fsp3) is 0.909. The number of amides is 1. The monoisotopic (exact) mass is 212 g/mol. The smallest absolute Gasteiger partial charge is 0.223 e. The summed E-state index contributed by atoms with van der Waals surface area (Å²) in [7, 11) is 0. The second-order valence-corrected chi connectivity index (χ2v) is 4.92. The summed E-state index contributed by atoms with van der Waals surface area (Å²) in [5.74, 6) is 0.670. The molecule has 1 aliphatic heterocycles. The van der Waals surface area contributed by atoms with E-state index in [4.69, 9.17) is 5.73 Å². The quantitative estimate of drug-likeness (QED) is 0.689. The number of rotatable bonds is 3. The van der Waals surface area contributed by atoms with Gasteiger partial charge in [0.15, 0.2) is 0 Å². The van der Waals surface area contributed by atoms with Gasteiger partial charge in [0.05, 0.1) is 6.61 Å². The Hall–Kier alpha value is -0.610. The molecule has 2 aliphatic rings. The van der Waals surface area contributed by atoms with Crippen LogP contribution in [0.1, 0.15) is 25.7 Å². The van der Waals surface area contributed by atoms with Gasteiger partial charge >= 0.3 is 0 Å². The molecule has 2 rings (SSSR count). The minimum absolute atomic E-state index is 0.0181. The molecule has 0 aromatic rings. The number of hydrogen-bond acceptors (Lipinski definition) is 3. The second kappa shape index (κ2) is 4.10. The molecule has 2 atom stereocenters. The van der Waals surface area contributed by atoms with Crippen molar-refractivity contribution in [1.29, 1.82) is 0 Å². The summed E-state index contributed by atoms with van der Waals surface area (Å²) in [5, 5.41) is 9.49. The van der Waals surface area contributed by atoms with Crippen molar-refractivity contribution in [2.45, 2.75) is 25.7 Å². The zero-order chi connectivity index (χ0) is 10.9. The molecule has 1 amide bonds. The van der Waals surface area contributed by atoms with E-state index >= 15 is 0 Å². The largest absolute Gasteiger partial charge is 0.396 e. The number of carbonyl (C=O) groups is 1. The zero-order valence-electron chi connectivity index (χ0n) is 9.11. The van der Waals surface area contributed by atoms with Gasteiger partial charge in [0.1, 0.15) is 0 Å². The topological polar surface area (TPSA) is 66.6 Å². The van der Waals surface area contributed by atoms with Gasteiger partial charge in [0, 0.05) is 31.5 Å². The van der Waals surface area contributed by atoms with E-state index in [1.54, 1.807) is 0 Å². The van der Waals surface area contributed by atoms with Gasteiger partial charge in [-0.3, -0.25) is 4.79 Å². The third-order valence-electron chi connectivity index (χ3n) is 4.07. The normalized spacial score (nSPS) is 34.5. The van der Waals surface area contributed by atoms with Crippen LogP contribution in [0.2, 0.25) is 0 Å². The van der Waals surface area contributed by atoms with E-state index in [1.807, 2.05) is 4.90 Å². The molecule has 1 saturated carbocycles. The Bertz CT molecular complexity index is 257. The Labute approximate surface area is 90.4 Å². The molecule has 1 aliphatic carbocycles. The number of fused-ring (bicyclic) bond motifs is 1. The predicted octanol–water partition coefficient (Wildman–Crippen LogP) is -0.0438. The molecule has 1 saturated heterocycles. The minimum atomic E-state index is 0.0181. The van der Waals surface area contributed by atoms with Crippen LogP contribution in [-0.2, 0) is 4.79 Å². The maximum atomic E-state index is 11.7. The van der Waals surface area contributed by atoms with Crippen molar-refractivity contribution in [3.05, 3.63) is 0 Å². The van der Waals surface area contributed by atoms with E-state index in [9.17, 15) is 9.90 Å². The highest BCUT2D eigenvalue weighted by atomic mass is 16.3. The average Bonchev–Trinajstić information content (AvgIpc) is 2.73. The van der Waals surface area contributed by atoms with Crippen LogP contribution in [0.5, 0.6) is 0 Å². The van der Waals surface area contributed by atoms with E-state index < -0.39 is 0 Å². The molecular formula is C11H20N2O2. The molecule has 4 nitrogen and oxygen atoms in total. The zero-order valence-corrected chi connectivity index (χ0v) is 9.11. The molecule has 1 heterocycles. The SMILES string of the molecule is NCCC(=O)N1C[C@@H]2CCC[C@]2(CO)C1. The molecule has 0 unspecified atom stereocenters. The van der Waals surface area contributed by atoms with E-state index in [0.717, 1.165) is 25.9 Å². The number of carbonyl (C=O) groups excluding carboxylic acids is 1. The Balaban J connectivity index is 2.01. The summed E-state index contributed by atoms with van der Waals surface area (Å²) in [6.45, 7) is 2.22. The Morgan fingerprint density at radius 1 is 1.60 bits per heavy atom. The lowest BCUT2D eigenvalue weighted by atomic mass is 9.82. The molecular weight excluding hydrogens is 192 g/mol. The van der Waals surface area contributed by atoms with Crippen molar-refractivity contribution < 1.29 is 9.90 Å². The van der Waals surface area contributed by atoms with Crippen LogP contribution in [0.25, 0.3) is 0 Å². The second-order valence-electron chi connectivity index (χ2n) is 4.92. The molecule has 0 radical (unpaired) electrons. The summed E-state index contributed by atoms with van der Waals surface area (Å²) in [6, 6.07) is 0. The summed E-state index contributed by atoms with van der Waals surface area (Å²) in [5.41, 5.74) is 5.40. The first-order valence-corrected chi connectivity index (χ1v) is 5.80. The number of aliphatic hydroxyl groups is 1. The third-order valence-corrected chi connectivity index (χ3v) is 4.07. The fourth-order valence-electron chi connectivity index (χ4n) is 3.14. The highest BCUT2D eigenvalue weighted by molar-refractivity contribution is 5.76. The van der Waals surface area contributed by atoms with Crippen molar-refractivity contribution in [2.75, 3.05) is 26.2 Å². The Kier molecular flexibility index (Phi) is 2.98. The Morgan fingerprint density at radius 3 is 3.00 bits per heavy atom. The van der Waals surface area contributed by atoms with Crippen LogP contribution < -0.4 is 5.73 Å². The molecule has 0 spiro atoms. The van der Waals surface area contributed by atoms with Crippen LogP contribution in [-0.4, -0.2) is 42.2 Å². The lowest BCUT2D eigenvalue weighted by molar-refractivity contribution is -0.130. The van der Waals surface area contributed by atoms with Gasteiger partial charge in [-0.1, -0.05) is 6.42 Å². The lowest BCUT2D eigenvalue weighted by Crippen LogP contribution is -2.34. The summed E-state index contributed by atoms with van der Waals surface area (Å²) >= 11 is 0. The van der Waals surface area contributed by atoms with Gasteiger partial charge in [-0.25, -0.2) is 0 Å². The predicted molar refractivity (Wildman–Crippen MR) is 57.1 cm³/mol. The molecule has 0 aromatic carbocycles. The number of likely N-dealkylation sites (tertiary alicyclic amines) is 1. The van der Waals surface area contributed by atoms with E-state index in [-0.39, 0.29) is 17.9 Å². The van der Waals surface area contributed by atoms with E-state index in [0.29, 0.717) is 18.9 Å². The average molecular weight is 212 g/mol. The first-order chi connectivity index (χ1) is 7.22. The van der Waals surface area contributed by atoms with Crippen LogP contribution in [0, 0.1) is 11.3 Å². The number of nitrogens with two attached hydrogens (primary N) is 1. The summed E-state index contributed by atoms with van der Waals surface area (Å²) in [6.07, 6.45) is 3.87. The van der Waals surface area contributed by atoms with Gasteiger partial charge in [0.2, 0.25) is 5.91 Å². The molecule has 0 aromatic heterocycles. The molecule has 3 N–H and O–H groups in total. The summed E-state index contributed by atoms with van der Waals surface area (Å²) < 4.78 is 0. The van der Waals surface area contributed by atoms with Crippen molar-refractivity contribution in [3.8, 4) is 0 Å². The highest BCUT2D eigenvalue weighted by Crippen LogP contribution is 2.48. The maximum Gasteiger partial charge on any atom is 0.223 e. The molecule has 86 valence electrons. The van der Waals surface area contributed by atoms with Gasteiger partial charge in [0.25, 0.3) is 0 Å². The first kappa shape index (κ1) is 10.9. The highest BCUT2D eigenvalue weighted by Gasteiger charge is 2.49. The van der Waals surface area contributed by atoms with Crippen molar-refractivity contribution in [2.24, 2.45) is 17.1 Å². The molecule has 2 fully saturated rings. The fourth-order valence-corrected chi connectivity index (χ4v) is 3.14. The van der Waals surface area contributed by atoms with Crippen molar-refractivity contribution in [1.82, 2.24) is 4.90 Å². The van der Waals surface area contributed by atoms with Crippen LogP contribution in [0.15, 0.2) is 0 Å². The number of nitrogens with zero attached hydrogens (tertiary/aromatic N) is 1. The van der Waals surface area contributed by atoms with Crippen LogP contribution in [0.3, 0.4) is 0 Å². The number of hydrogen-bond donors (Lipinski definition) is 2. The Morgan fingerprint density at radius 2 is 2.40 bits per heavy atom. The van der Waals surface area contributed by atoms with Gasteiger partial charge in [-0.2, -0.15) is 0 Å². The summed E-state index contributed by atoms with van der Waals surface area (Å²) in [4.78, 5) is 13.6. The lowest BCUT2D eigenvalue weighted by Gasteiger charge is -2.25. The van der Waals surface area contributed by atoms with Crippen LogP contribution >= 0.6 is 0 Å². The van der Waals surface area contributed by atoms with Gasteiger partial charge in [-0.05, 0) is 18.8 Å². The van der Waals surface area contributed by atoms with Crippen molar-refractivity contribution >= 4 is 5.91 Å². The molecule has 4 heteroatoms. The molecule has 15 heavy (non-hydrogen) atoms. The van der Waals surface area contributed by atoms with E-state index in [2.05, 4.69) is 0 Å². The maximum absolute atomic E-state index is 11.7. The molecule has 0 bridgehead atoms. The first-order valence-electron chi connectivity index (χ1n) is 5.80. The minimum Gasteiger partial charge on any atom is -0.396 e. The number of aliphatic hydroxyl groups excluding tert-OH is 1. The van der Waals surface area contributed by atoms with Gasteiger partial charge < -0.3 is 15.7 Å².